The number of hydrogen-bond donors (Lipinski definition) is 4. The summed E-state index contributed by atoms with van der Waals surface area (Å²) in [5.41, 5.74) is 0. The van der Waals surface area contributed by atoms with Crippen LogP contribution in [-0.4, -0.2) is 70.7 Å². The van der Waals surface area contributed by atoms with Crippen LogP contribution < -0.4 is 20.4 Å². The van der Waals surface area contributed by atoms with Crippen molar-refractivity contribution in [2.24, 2.45) is 0 Å². The molecule has 0 aliphatic heterocycles. The number of rotatable bonds is 72. The van der Waals surface area contributed by atoms with Crippen LogP contribution in [0.15, 0.2) is 0 Å². The zero-order valence-corrected chi connectivity index (χ0v) is 68.5. The van der Waals surface area contributed by atoms with E-state index in [0.717, 1.165) is 77.0 Å². The maximum atomic E-state index is 10.2. The molecular formula is C76H148O16Zr3. The molecule has 0 atom stereocenters. The van der Waals surface area contributed by atoms with Gasteiger partial charge in [0.2, 0.25) is 0 Å². The largest absolute Gasteiger partial charge is 4.00 e. The number of aliphatic hydroxyl groups excluding tert-OH is 4. The molecule has 0 unspecified atom stereocenters. The van der Waals surface area contributed by atoms with Crippen molar-refractivity contribution in [3.8, 4) is 0 Å². The van der Waals surface area contributed by atoms with Crippen LogP contribution in [0.25, 0.3) is 0 Å². The molecule has 0 amide bonds. The van der Waals surface area contributed by atoms with Gasteiger partial charge in [0, 0.05) is 50.3 Å². The molecule has 0 fully saturated rings. The van der Waals surface area contributed by atoms with Gasteiger partial charge >= 0.3 is 78.6 Å². The van der Waals surface area contributed by atoms with E-state index in [-0.39, 0.29) is 126 Å². The molecule has 0 aliphatic rings. The Kier molecular flexibility index (Phi) is 145. The quantitative estimate of drug-likeness (QED) is 0.0413. The van der Waals surface area contributed by atoms with Gasteiger partial charge in [-0.25, -0.2) is 0 Å². The predicted molar refractivity (Wildman–Crippen MR) is 365 cm³/mol. The van der Waals surface area contributed by atoms with Crippen molar-refractivity contribution >= 4 is 23.9 Å². The first-order valence-electron chi connectivity index (χ1n) is 38.3. The summed E-state index contributed by atoms with van der Waals surface area (Å²) in [5.74, 6) is -3.65. The molecule has 0 spiro atoms. The zero-order valence-electron chi connectivity index (χ0n) is 61.1. The molecule has 4 N–H and O–H groups in total. The van der Waals surface area contributed by atoms with E-state index >= 15 is 0 Å². The number of carbonyl (C=O) groups excluding carboxylic acids is 4. The predicted octanol–water partition coefficient (Wildman–Crippen LogP) is 17.0. The van der Waals surface area contributed by atoms with Crippen molar-refractivity contribution in [2.45, 2.75) is 437 Å². The molecule has 19 heteroatoms. The molecule has 16 nitrogen and oxygen atoms in total. The topological polar surface area (TPSA) is 355 Å². The molecule has 0 saturated carbocycles. The number of aliphatic hydroxyl groups is 4. The normalized spacial score (nSPS) is 10.1. The van der Waals surface area contributed by atoms with Crippen LogP contribution >= 0.6 is 0 Å². The van der Waals surface area contributed by atoms with Crippen LogP contribution in [-0.2, 0) is 120 Å². The first kappa shape index (κ1) is 119. The van der Waals surface area contributed by atoms with Gasteiger partial charge in [0.1, 0.15) is 0 Å². The number of unbranched alkanes of at least 4 members (excludes halogenated alkanes) is 60. The summed E-state index contributed by atoms with van der Waals surface area (Å²) in [6, 6.07) is 0. The Morgan fingerprint density at radius 2 is 0.211 bits per heavy atom. The average molecular weight is 1590 g/mol. The Morgan fingerprint density at radius 1 is 0.147 bits per heavy atom. The van der Waals surface area contributed by atoms with Gasteiger partial charge in [0.05, 0.1) is 0 Å². The number of carboxylic acid groups (broad SMARTS) is 4. The Hall–Kier alpha value is 0.209. The Balaban J connectivity index is -0.000000107. The molecule has 0 aromatic rings. The van der Waals surface area contributed by atoms with Gasteiger partial charge in [-0.2, -0.15) is 0 Å². The van der Waals surface area contributed by atoms with Gasteiger partial charge in [-0.15, -0.1) is 0 Å². The van der Waals surface area contributed by atoms with E-state index in [4.69, 9.17) is 20.4 Å². The molecule has 0 heterocycles. The van der Waals surface area contributed by atoms with E-state index in [1.54, 1.807) is 0 Å². The molecule has 0 aromatic heterocycles. The van der Waals surface area contributed by atoms with Crippen molar-refractivity contribution in [3.05, 3.63) is 0 Å². The number of aliphatic carboxylic acids is 4. The summed E-state index contributed by atoms with van der Waals surface area (Å²) in [7, 11) is 0. The monoisotopic (exact) mass is 1590 g/mol. The molecule has 0 rings (SSSR count). The van der Waals surface area contributed by atoms with E-state index in [1.165, 1.54) is 334 Å². The number of hydrogen-bond acceptors (Lipinski definition) is 12. The van der Waals surface area contributed by atoms with Crippen LogP contribution in [0.1, 0.15) is 437 Å². The van der Waals surface area contributed by atoms with Gasteiger partial charge in [-0.3, -0.25) is 0 Å². The third-order valence-corrected chi connectivity index (χ3v) is 17.2. The van der Waals surface area contributed by atoms with Crippen LogP contribution in [0, 0.1) is 0 Å². The second-order valence-corrected chi connectivity index (χ2v) is 26.0. The van der Waals surface area contributed by atoms with Crippen LogP contribution in [0.5, 0.6) is 0 Å². The van der Waals surface area contributed by atoms with Gasteiger partial charge in [-0.05, 0) is 77.0 Å². The summed E-state index contributed by atoms with van der Waals surface area (Å²) in [5, 5.41) is 75.7. The van der Waals surface area contributed by atoms with Gasteiger partial charge < -0.3 is 81.9 Å². The fourth-order valence-electron chi connectivity index (χ4n) is 11.4. The van der Waals surface area contributed by atoms with Crippen LogP contribution in [0.4, 0.5) is 0 Å². The summed E-state index contributed by atoms with van der Waals surface area (Å²) >= 11 is 0. The van der Waals surface area contributed by atoms with Gasteiger partial charge in [-0.1, -0.05) is 360 Å². The fraction of sp³-hybridized carbons (Fsp3) is 0.947. The minimum atomic E-state index is -0.912. The summed E-state index contributed by atoms with van der Waals surface area (Å²) < 4.78 is 0. The Bertz CT molecular complexity index is 1140. The number of carboxylic acids is 4. The molecule has 0 aliphatic carbocycles. The molecular weight excluding hydrogens is 1440 g/mol. The molecule has 0 radical (unpaired) electrons. The first-order valence-corrected chi connectivity index (χ1v) is 38.3. The Labute approximate surface area is 642 Å². The third-order valence-electron chi connectivity index (χ3n) is 17.2. The standard InChI is InChI=1S/4C19H38O3.4O.3Zr/c4*20-18-16-14-12-10-8-6-4-2-1-3-5-7-9-11-13-15-17-19(21)22;;;;;;;/h4*20H,1-18H2,(H,21,22);;;;;;;/q;;;;4*-2;3*+4/p-4. The SMILES string of the molecule is O=C([O-])CCCCCCCCCCCCCCCCCCO.O=C([O-])CCCCCCCCCCCCCCCCCCO.O=C([O-])CCCCCCCCCCCCCCCCCCO.O=C([O-])CCCCCCCCCCCCCCCCCCO.[O-2].[O-2].[O-2].[O-2].[Zr+4].[Zr+4].[Zr+4]. The average Bonchev–Trinajstić information content (AvgIpc) is 3.50. The van der Waals surface area contributed by atoms with Gasteiger partial charge in [0.15, 0.2) is 0 Å². The fourth-order valence-corrected chi connectivity index (χ4v) is 11.4. The summed E-state index contributed by atoms with van der Waals surface area (Å²) in [6.45, 7) is 1.39. The summed E-state index contributed by atoms with van der Waals surface area (Å²) in [4.78, 5) is 41.0. The van der Waals surface area contributed by atoms with Crippen molar-refractivity contribution in [1.82, 2.24) is 0 Å². The molecule has 560 valence electrons. The minimum absolute atomic E-state index is 0. The van der Waals surface area contributed by atoms with Crippen LogP contribution in [0.2, 0.25) is 0 Å². The molecule has 0 saturated heterocycles. The zero-order chi connectivity index (χ0) is 65.2. The van der Waals surface area contributed by atoms with Crippen molar-refractivity contribution < 1.29 is 161 Å². The molecule has 0 bridgehead atoms. The first-order chi connectivity index (χ1) is 43.1. The maximum Gasteiger partial charge on any atom is 4.00 e. The molecule has 0 aromatic carbocycles. The van der Waals surface area contributed by atoms with Crippen molar-refractivity contribution in [1.29, 1.82) is 0 Å². The third kappa shape index (κ3) is 138. The minimum Gasteiger partial charge on any atom is -2.00 e. The van der Waals surface area contributed by atoms with E-state index in [2.05, 4.69) is 0 Å². The second kappa shape index (κ2) is 115. The Morgan fingerprint density at radius 3 is 0.274 bits per heavy atom. The van der Waals surface area contributed by atoms with E-state index in [9.17, 15) is 39.6 Å². The van der Waals surface area contributed by atoms with Gasteiger partial charge in [0.25, 0.3) is 0 Å². The van der Waals surface area contributed by atoms with Crippen LogP contribution in [0.3, 0.4) is 0 Å². The van der Waals surface area contributed by atoms with Crippen molar-refractivity contribution in [3.63, 3.8) is 0 Å². The smallest absolute Gasteiger partial charge is 2.00 e. The van der Waals surface area contributed by atoms with Crippen molar-refractivity contribution in [2.75, 3.05) is 26.4 Å². The molecule has 95 heavy (non-hydrogen) atoms. The summed E-state index contributed by atoms with van der Waals surface area (Å²) in [6.07, 6.45) is 80.3. The van der Waals surface area contributed by atoms with E-state index in [0.29, 0.717) is 26.4 Å². The second-order valence-electron chi connectivity index (χ2n) is 26.0. The van der Waals surface area contributed by atoms with E-state index in [1.807, 2.05) is 0 Å². The maximum absolute atomic E-state index is 10.2. The number of carbonyl (C=O) groups is 4. The van der Waals surface area contributed by atoms with E-state index < -0.39 is 23.9 Å².